The summed E-state index contributed by atoms with van der Waals surface area (Å²) in [6.07, 6.45) is 2.07. The summed E-state index contributed by atoms with van der Waals surface area (Å²) >= 11 is 0. The normalized spacial score (nSPS) is 14.3. The van der Waals surface area contributed by atoms with Gasteiger partial charge in [-0.05, 0) is 36.6 Å². The van der Waals surface area contributed by atoms with E-state index in [4.69, 9.17) is 4.42 Å². The van der Waals surface area contributed by atoms with Gasteiger partial charge >= 0.3 is 0 Å². The molecule has 0 spiro atoms. The highest BCUT2D eigenvalue weighted by molar-refractivity contribution is 5.92. The third-order valence-corrected chi connectivity index (χ3v) is 3.43. The summed E-state index contributed by atoms with van der Waals surface area (Å²) in [7, 11) is 0. The SMILES string of the molecule is Cc1ncoc1C(=O)N1CCc2ccc(O)cc2C1. The molecule has 5 heteroatoms. The summed E-state index contributed by atoms with van der Waals surface area (Å²) in [5.41, 5.74) is 2.76. The number of nitrogens with zero attached hydrogens (tertiary/aromatic N) is 2. The topological polar surface area (TPSA) is 66.6 Å². The Morgan fingerprint density at radius 1 is 1.42 bits per heavy atom. The molecule has 1 aromatic heterocycles. The number of hydrogen-bond donors (Lipinski definition) is 1. The first-order valence-electron chi connectivity index (χ1n) is 6.15. The summed E-state index contributed by atoms with van der Waals surface area (Å²) in [5, 5.41) is 9.51. The number of amides is 1. The maximum atomic E-state index is 12.3. The number of hydrogen-bond acceptors (Lipinski definition) is 4. The molecular weight excluding hydrogens is 244 g/mol. The maximum absolute atomic E-state index is 12.3. The molecule has 0 aliphatic carbocycles. The molecule has 0 unspecified atom stereocenters. The monoisotopic (exact) mass is 258 g/mol. The second-order valence-corrected chi connectivity index (χ2v) is 4.70. The van der Waals surface area contributed by atoms with Crippen LogP contribution in [-0.4, -0.2) is 27.4 Å². The number of carbonyl (C=O) groups is 1. The van der Waals surface area contributed by atoms with Crippen LogP contribution in [-0.2, 0) is 13.0 Å². The first kappa shape index (κ1) is 11.8. The number of oxazole rings is 1. The van der Waals surface area contributed by atoms with E-state index in [2.05, 4.69) is 4.98 Å². The predicted molar refractivity (Wildman–Crippen MR) is 67.8 cm³/mol. The number of benzene rings is 1. The molecule has 19 heavy (non-hydrogen) atoms. The smallest absolute Gasteiger partial charge is 0.291 e. The first-order chi connectivity index (χ1) is 9.15. The molecule has 98 valence electrons. The highest BCUT2D eigenvalue weighted by Gasteiger charge is 2.25. The molecule has 2 aromatic rings. The number of aromatic nitrogens is 1. The zero-order valence-corrected chi connectivity index (χ0v) is 10.6. The second kappa shape index (κ2) is 4.42. The van der Waals surface area contributed by atoms with Crippen LogP contribution in [0.3, 0.4) is 0 Å². The van der Waals surface area contributed by atoms with E-state index in [1.165, 1.54) is 12.0 Å². The van der Waals surface area contributed by atoms with Crippen LogP contribution in [0, 0.1) is 6.92 Å². The molecule has 1 aliphatic heterocycles. The van der Waals surface area contributed by atoms with Crippen molar-refractivity contribution in [3.8, 4) is 5.75 Å². The average Bonchev–Trinajstić information content (AvgIpc) is 2.83. The van der Waals surface area contributed by atoms with Gasteiger partial charge < -0.3 is 14.4 Å². The quantitative estimate of drug-likeness (QED) is 0.848. The van der Waals surface area contributed by atoms with Gasteiger partial charge in [-0.3, -0.25) is 4.79 Å². The average molecular weight is 258 g/mol. The lowest BCUT2D eigenvalue weighted by atomic mass is 9.99. The van der Waals surface area contributed by atoms with Crippen LogP contribution in [0.15, 0.2) is 29.0 Å². The van der Waals surface area contributed by atoms with E-state index in [0.29, 0.717) is 24.5 Å². The summed E-state index contributed by atoms with van der Waals surface area (Å²) < 4.78 is 5.14. The molecule has 0 saturated heterocycles. The Bertz CT molecular complexity index is 633. The third-order valence-electron chi connectivity index (χ3n) is 3.43. The molecule has 0 atom stereocenters. The van der Waals surface area contributed by atoms with Crippen molar-refractivity contribution in [3.05, 3.63) is 47.2 Å². The van der Waals surface area contributed by atoms with Crippen molar-refractivity contribution >= 4 is 5.91 Å². The fourth-order valence-corrected chi connectivity index (χ4v) is 2.37. The van der Waals surface area contributed by atoms with E-state index in [0.717, 1.165) is 12.0 Å². The van der Waals surface area contributed by atoms with Gasteiger partial charge in [0.2, 0.25) is 5.76 Å². The van der Waals surface area contributed by atoms with E-state index >= 15 is 0 Å². The van der Waals surface area contributed by atoms with Gasteiger partial charge in [-0.25, -0.2) is 4.98 Å². The number of carbonyl (C=O) groups excluding carboxylic acids is 1. The van der Waals surface area contributed by atoms with Crippen molar-refractivity contribution in [1.29, 1.82) is 0 Å². The van der Waals surface area contributed by atoms with Crippen LogP contribution >= 0.6 is 0 Å². The number of phenolic OH excluding ortho intramolecular Hbond substituents is 1. The Morgan fingerprint density at radius 3 is 3.00 bits per heavy atom. The van der Waals surface area contributed by atoms with Crippen LogP contribution in [0.5, 0.6) is 5.75 Å². The minimum atomic E-state index is -0.149. The van der Waals surface area contributed by atoms with E-state index < -0.39 is 0 Å². The van der Waals surface area contributed by atoms with Crippen molar-refractivity contribution in [2.75, 3.05) is 6.54 Å². The van der Waals surface area contributed by atoms with Gasteiger partial charge in [-0.1, -0.05) is 6.07 Å². The molecule has 0 saturated carbocycles. The second-order valence-electron chi connectivity index (χ2n) is 4.70. The summed E-state index contributed by atoms with van der Waals surface area (Å²) in [4.78, 5) is 18.0. The largest absolute Gasteiger partial charge is 0.508 e. The lowest BCUT2D eigenvalue weighted by Gasteiger charge is -2.28. The summed E-state index contributed by atoms with van der Waals surface area (Å²) in [5.74, 6) is 0.372. The molecule has 0 bridgehead atoms. The number of aromatic hydroxyl groups is 1. The summed E-state index contributed by atoms with van der Waals surface area (Å²) in [6, 6.07) is 5.30. The Balaban J connectivity index is 1.86. The van der Waals surface area contributed by atoms with Crippen LogP contribution in [0.2, 0.25) is 0 Å². The van der Waals surface area contributed by atoms with Crippen LogP contribution in [0.1, 0.15) is 27.4 Å². The number of phenols is 1. The maximum Gasteiger partial charge on any atom is 0.291 e. The third kappa shape index (κ3) is 2.07. The molecule has 1 aromatic carbocycles. The van der Waals surface area contributed by atoms with Gasteiger partial charge in [0.1, 0.15) is 5.75 Å². The molecule has 5 nitrogen and oxygen atoms in total. The Morgan fingerprint density at radius 2 is 2.26 bits per heavy atom. The Kier molecular flexibility index (Phi) is 2.74. The van der Waals surface area contributed by atoms with E-state index in [1.807, 2.05) is 6.07 Å². The molecular formula is C14H14N2O3. The van der Waals surface area contributed by atoms with Crippen LogP contribution in [0.25, 0.3) is 0 Å². The Labute approximate surface area is 110 Å². The highest BCUT2D eigenvalue weighted by Crippen LogP contribution is 2.24. The van der Waals surface area contributed by atoms with Crippen LogP contribution in [0.4, 0.5) is 0 Å². The molecule has 2 heterocycles. The number of rotatable bonds is 1. The van der Waals surface area contributed by atoms with Gasteiger partial charge in [-0.2, -0.15) is 0 Å². The minimum absolute atomic E-state index is 0.149. The number of aryl methyl sites for hydroxylation is 1. The lowest BCUT2D eigenvalue weighted by Crippen LogP contribution is -2.36. The summed E-state index contributed by atoms with van der Waals surface area (Å²) in [6.45, 7) is 2.89. The first-order valence-corrected chi connectivity index (χ1v) is 6.15. The molecule has 1 amide bonds. The van der Waals surface area contributed by atoms with Crippen molar-refractivity contribution in [1.82, 2.24) is 9.88 Å². The van der Waals surface area contributed by atoms with E-state index in [-0.39, 0.29) is 11.7 Å². The molecule has 0 fully saturated rings. The van der Waals surface area contributed by atoms with Gasteiger partial charge in [0.15, 0.2) is 6.39 Å². The lowest BCUT2D eigenvalue weighted by molar-refractivity contribution is 0.0701. The molecule has 1 aliphatic rings. The van der Waals surface area contributed by atoms with Crippen LogP contribution < -0.4 is 0 Å². The number of fused-ring (bicyclic) bond motifs is 1. The van der Waals surface area contributed by atoms with Crippen molar-refractivity contribution in [2.24, 2.45) is 0 Å². The fourth-order valence-electron chi connectivity index (χ4n) is 2.37. The van der Waals surface area contributed by atoms with Gasteiger partial charge in [0, 0.05) is 13.1 Å². The Hall–Kier alpha value is -2.30. The molecule has 1 N–H and O–H groups in total. The standard InChI is InChI=1S/C14H14N2O3/c1-9-13(19-8-15-9)14(18)16-5-4-10-2-3-12(17)6-11(10)7-16/h2-3,6,8,17H,4-5,7H2,1H3. The zero-order chi connectivity index (χ0) is 13.4. The predicted octanol–water partition coefficient (Wildman–Crippen LogP) is 1.89. The van der Waals surface area contributed by atoms with Gasteiger partial charge in [0.25, 0.3) is 5.91 Å². The van der Waals surface area contributed by atoms with Gasteiger partial charge in [-0.15, -0.1) is 0 Å². The molecule has 0 radical (unpaired) electrons. The van der Waals surface area contributed by atoms with Crippen molar-refractivity contribution < 1.29 is 14.3 Å². The van der Waals surface area contributed by atoms with E-state index in [9.17, 15) is 9.90 Å². The van der Waals surface area contributed by atoms with Gasteiger partial charge in [0.05, 0.1) is 5.69 Å². The van der Waals surface area contributed by atoms with Crippen molar-refractivity contribution in [2.45, 2.75) is 19.9 Å². The minimum Gasteiger partial charge on any atom is -0.508 e. The fraction of sp³-hybridized carbons (Fsp3) is 0.286. The zero-order valence-electron chi connectivity index (χ0n) is 10.6. The van der Waals surface area contributed by atoms with E-state index in [1.54, 1.807) is 24.0 Å². The van der Waals surface area contributed by atoms with Crippen molar-refractivity contribution in [3.63, 3.8) is 0 Å². The molecule has 3 rings (SSSR count). The highest BCUT2D eigenvalue weighted by atomic mass is 16.3.